The van der Waals surface area contributed by atoms with Crippen LogP contribution >= 0.6 is 23.5 Å². The van der Waals surface area contributed by atoms with Crippen molar-refractivity contribution in [1.82, 2.24) is 14.9 Å². The predicted octanol–water partition coefficient (Wildman–Crippen LogP) is 2.52. The van der Waals surface area contributed by atoms with Gasteiger partial charge in [0.05, 0.1) is 5.75 Å². The summed E-state index contributed by atoms with van der Waals surface area (Å²) in [5.41, 5.74) is 0. The Morgan fingerprint density at radius 1 is 1.61 bits per heavy atom. The van der Waals surface area contributed by atoms with Crippen molar-refractivity contribution in [3.63, 3.8) is 0 Å². The first-order valence-electron chi connectivity index (χ1n) is 6.02. The van der Waals surface area contributed by atoms with Crippen molar-refractivity contribution in [3.8, 4) is 0 Å². The molecule has 0 aliphatic carbocycles. The second-order valence-electron chi connectivity index (χ2n) is 5.19. The normalized spacial score (nSPS) is 20.7. The lowest BCUT2D eigenvalue weighted by atomic mass is 10.3. The Labute approximate surface area is 116 Å². The zero-order valence-electron chi connectivity index (χ0n) is 11.0. The minimum Gasteiger partial charge on any atom is -0.346 e. The van der Waals surface area contributed by atoms with E-state index >= 15 is 0 Å². The van der Waals surface area contributed by atoms with Crippen molar-refractivity contribution in [3.05, 3.63) is 18.2 Å². The molecule has 0 aromatic carbocycles. The lowest BCUT2D eigenvalue weighted by Crippen LogP contribution is -2.31. The van der Waals surface area contributed by atoms with Crippen molar-refractivity contribution >= 4 is 29.4 Å². The van der Waals surface area contributed by atoms with Crippen molar-refractivity contribution < 1.29 is 4.79 Å². The summed E-state index contributed by atoms with van der Waals surface area (Å²) in [6.07, 6.45) is 3.54. The van der Waals surface area contributed by atoms with E-state index in [0.717, 1.165) is 18.1 Å². The number of aromatic nitrogens is 2. The van der Waals surface area contributed by atoms with Gasteiger partial charge in [0, 0.05) is 29.4 Å². The van der Waals surface area contributed by atoms with E-state index in [9.17, 15) is 4.79 Å². The number of thioether (sulfide) groups is 2. The Balaban J connectivity index is 1.94. The Hall–Kier alpha value is -0.620. The molecule has 1 aliphatic rings. The summed E-state index contributed by atoms with van der Waals surface area (Å²) < 4.78 is 0.246. The molecule has 4 nitrogen and oxygen atoms in total. The van der Waals surface area contributed by atoms with Gasteiger partial charge >= 0.3 is 0 Å². The molecule has 2 heterocycles. The minimum atomic E-state index is 0.0630. The lowest BCUT2D eigenvalue weighted by Gasteiger charge is -2.24. The van der Waals surface area contributed by atoms with Gasteiger partial charge in [-0.05, 0) is 0 Å². The standard InChI is InChI=1S/C12H19N3OS2/c1-12(2,3)18-7-6-15-9(16)8-17-11(15)10-13-4-5-14-10/h4-5,11H,6-8H2,1-3H3,(H,13,14). The molecule has 1 saturated heterocycles. The van der Waals surface area contributed by atoms with E-state index in [0.29, 0.717) is 5.75 Å². The average Bonchev–Trinajstić information content (AvgIpc) is 2.87. The number of carbonyl (C=O) groups is 1. The number of H-pyrrole nitrogens is 1. The Bertz CT molecular complexity index is 400. The van der Waals surface area contributed by atoms with Gasteiger partial charge in [-0.25, -0.2) is 4.98 Å². The number of hydrogen-bond donors (Lipinski definition) is 1. The average molecular weight is 285 g/mol. The maximum Gasteiger partial charge on any atom is 0.233 e. The van der Waals surface area contributed by atoms with Crippen molar-refractivity contribution in [2.75, 3.05) is 18.1 Å². The van der Waals surface area contributed by atoms with Crippen LogP contribution in [0, 0.1) is 0 Å². The molecule has 18 heavy (non-hydrogen) atoms. The second kappa shape index (κ2) is 5.57. The van der Waals surface area contributed by atoms with E-state index in [2.05, 4.69) is 30.7 Å². The first-order valence-corrected chi connectivity index (χ1v) is 8.05. The smallest absolute Gasteiger partial charge is 0.233 e. The third kappa shape index (κ3) is 3.45. The van der Waals surface area contributed by atoms with Crippen LogP contribution in [-0.4, -0.2) is 43.6 Å². The van der Waals surface area contributed by atoms with Crippen molar-refractivity contribution in [1.29, 1.82) is 0 Å². The quantitative estimate of drug-likeness (QED) is 0.923. The molecular formula is C12H19N3OS2. The van der Waals surface area contributed by atoms with Gasteiger partial charge in [0.25, 0.3) is 0 Å². The maximum absolute atomic E-state index is 11.9. The summed E-state index contributed by atoms with van der Waals surface area (Å²) in [7, 11) is 0. The van der Waals surface area contributed by atoms with E-state index in [1.165, 1.54) is 0 Å². The van der Waals surface area contributed by atoms with Gasteiger partial charge in [0.1, 0.15) is 11.2 Å². The number of nitrogens with zero attached hydrogens (tertiary/aromatic N) is 2. The molecular weight excluding hydrogens is 266 g/mol. The molecule has 1 aromatic heterocycles. The van der Waals surface area contributed by atoms with Gasteiger partial charge in [0.15, 0.2) is 0 Å². The van der Waals surface area contributed by atoms with Gasteiger partial charge in [-0.3, -0.25) is 4.79 Å². The highest BCUT2D eigenvalue weighted by molar-refractivity contribution is 8.01. The summed E-state index contributed by atoms with van der Waals surface area (Å²) in [5.74, 6) is 2.63. The molecule has 0 bridgehead atoms. The van der Waals surface area contributed by atoms with Crippen molar-refractivity contribution in [2.45, 2.75) is 30.9 Å². The number of imidazole rings is 1. The molecule has 1 atom stereocenters. The van der Waals surface area contributed by atoms with E-state index in [1.807, 2.05) is 16.7 Å². The van der Waals surface area contributed by atoms with Gasteiger partial charge in [-0.1, -0.05) is 20.8 Å². The number of hydrogen-bond acceptors (Lipinski definition) is 4. The van der Waals surface area contributed by atoms with Crippen LogP contribution < -0.4 is 0 Å². The van der Waals surface area contributed by atoms with Crippen LogP contribution in [0.15, 0.2) is 12.4 Å². The third-order valence-electron chi connectivity index (χ3n) is 2.59. The van der Waals surface area contributed by atoms with Gasteiger partial charge < -0.3 is 9.88 Å². The summed E-state index contributed by atoms with van der Waals surface area (Å²) >= 11 is 3.54. The van der Waals surface area contributed by atoms with Crippen LogP contribution in [0.3, 0.4) is 0 Å². The lowest BCUT2D eigenvalue weighted by molar-refractivity contribution is -0.127. The highest BCUT2D eigenvalue weighted by Gasteiger charge is 2.34. The fourth-order valence-electron chi connectivity index (χ4n) is 1.79. The largest absolute Gasteiger partial charge is 0.346 e. The first-order chi connectivity index (χ1) is 8.47. The maximum atomic E-state index is 11.9. The predicted molar refractivity (Wildman–Crippen MR) is 77.7 cm³/mol. The topological polar surface area (TPSA) is 49.0 Å². The van der Waals surface area contributed by atoms with E-state index in [4.69, 9.17) is 0 Å². The zero-order chi connectivity index (χ0) is 13.2. The molecule has 1 aliphatic heterocycles. The summed E-state index contributed by atoms with van der Waals surface area (Å²) in [5, 5.41) is 0.0630. The van der Waals surface area contributed by atoms with Crippen LogP contribution in [0.1, 0.15) is 32.0 Å². The summed E-state index contributed by atoms with van der Waals surface area (Å²) in [6.45, 7) is 7.38. The molecule has 6 heteroatoms. The monoisotopic (exact) mass is 285 g/mol. The molecule has 0 saturated carbocycles. The van der Waals surface area contributed by atoms with Crippen molar-refractivity contribution in [2.24, 2.45) is 0 Å². The Morgan fingerprint density at radius 3 is 3.00 bits per heavy atom. The zero-order valence-corrected chi connectivity index (χ0v) is 12.6. The first kappa shape index (κ1) is 13.8. The molecule has 1 N–H and O–H groups in total. The van der Waals surface area contributed by atoms with Crippen LogP contribution in [-0.2, 0) is 4.79 Å². The number of amides is 1. The summed E-state index contributed by atoms with van der Waals surface area (Å²) in [4.78, 5) is 21.2. The molecule has 1 unspecified atom stereocenters. The Kier molecular flexibility index (Phi) is 4.27. The fourth-order valence-corrected chi connectivity index (χ4v) is 3.84. The molecule has 0 radical (unpaired) electrons. The van der Waals surface area contributed by atoms with Crippen LogP contribution in [0.5, 0.6) is 0 Å². The molecule has 1 aromatic rings. The van der Waals surface area contributed by atoms with Gasteiger partial charge in [-0.15, -0.1) is 11.8 Å². The third-order valence-corrected chi connectivity index (χ3v) is 5.05. The highest BCUT2D eigenvalue weighted by Crippen LogP contribution is 2.37. The van der Waals surface area contributed by atoms with E-state index in [1.54, 1.807) is 24.2 Å². The number of carbonyl (C=O) groups excluding carboxylic acids is 1. The molecule has 0 spiro atoms. The van der Waals surface area contributed by atoms with Gasteiger partial charge in [0.2, 0.25) is 5.91 Å². The highest BCUT2D eigenvalue weighted by atomic mass is 32.2. The SMILES string of the molecule is CC(C)(C)SCCN1C(=O)CSC1c1ncc[nH]1. The number of rotatable bonds is 4. The molecule has 2 rings (SSSR count). The van der Waals surface area contributed by atoms with E-state index in [-0.39, 0.29) is 16.0 Å². The van der Waals surface area contributed by atoms with E-state index < -0.39 is 0 Å². The molecule has 100 valence electrons. The fraction of sp³-hybridized carbons (Fsp3) is 0.667. The second-order valence-corrected chi connectivity index (χ2v) is 8.18. The van der Waals surface area contributed by atoms with Crippen LogP contribution in [0.2, 0.25) is 0 Å². The minimum absolute atomic E-state index is 0.0630. The van der Waals surface area contributed by atoms with Crippen LogP contribution in [0.25, 0.3) is 0 Å². The number of aromatic amines is 1. The van der Waals surface area contributed by atoms with Gasteiger partial charge in [-0.2, -0.15) is 11.8 Å². The number of nitrogens with one attached hydrogen (secondary N) is 1. The summed E-state index contributed by atoms with van der Waals surface area (Å²) in [6, 6.07) is 0. The molecule has 1 fully saturated rings. The Morgan fingerprint density at radius 2 is 2.39 bits per heavy atom. The molecule has 1 amide bonds. The van der Waals surface area contributed by atoms with Crippen LogP contribution in [0.4, 0.5) is 0 Å².